The van der Waals surface area contributed by atoms with Crippen molar-refractivity contribution in [2.24, 2.45) is 34.0 Å². The molecule has 0 aromatic rings. The molecule has 1 heterocycles. The predicted octanol–water partition coefficient (Wildman–Crippen LogP) is 2.30. The molecule has 1 saturated heterocycles. The van der Waals surface area contributed by atoms with Gasteiger partial charge in [0.2, 0.25) is 6.29 Å². The molecular weight excluding hydrogens is 424 g/mol. The van der Waals surface area contributed by atoms with Crippen molar-refractivity contribution in [1.82, 2.24) is 0 Å². The number of rotatable bonds is 3. The molecule has 7 nitrogen and oxygen atoms in total. The first-order valence-electron chi connectivity index (χ1n) is 12.8. The number of hydrogen-bond donors (Lipinski definition) is 4. The van der Waals surface area contributed by atoms with E-state index in [2.05, 4.69) is 19.9 Å². The van der Waals surface area contributed by atoms with Gasteiger partial charge in [0.25, 0.3) is 0 Å². The molecule has 2 bridgehead atoms. The Balaban J connectivity index is 1.39. The van der Waals surface area contributed by atoms with Crippen LogP contribution in [0.4, 0.5) is 0 Å². The summed E-state index contributed by atoms with van der Waals surface area (Å²) in [4.78, 5) is 13.7. The first kappa shape index (κ1) is 23.7. The van der Waals surface area contributed by atoms with Crippen LogP contribution in [0.1, 0.15) is 72.1 Å². The van der Waals surface area contributed by atoms with Crippen molar-refractivity contribution < 1.29 is 34.7 Å². The van der Waals surface area contributed by atoms with Gasteiger partial charge in [0, 0.05) is 0 Å². The Morgan fingerprint density at radius 3 is 2.55 bits per heavy atom. The van der Waals surface area contributed by atoms with Gasteiger partial charge < -0.3 is 29.9 Å². The maximum absolute atomic E-state index is 13.7. The van der Waals surface area contributed by atoms with Gasteiger partial charge in [0.05, 0.1) is 12.0 Å². The Morgan fingerprint density at radius 2 is 1.82 bits per heavy atom. The molecule has 4 aliphatic carbocycles. The highest BCUT2D eigenvalue weighted by Crippen LogP contribution is 2.70. The van der Waals surface area contributed by atoms with Crippen LogP contribution in [0.2, 0.25) is 0 Å². The van der Waals surface area contributed by atoms with Gasteiger partial charge in [-0.05, 0) is 87.4 Å². The monoisotopic (exact) mass is 464 g/mol. The molecule has 5 rings (SSSR count). The van der Waals surface area contributed by atoms with E-state index in [-0.39, 0.29) is 16.7 Å². The van der Waals surface area contributed by atoms with Gasteiger partial charge in [-0.25, -0.2) is 0 Å². The van der Waals surface area contributed by atoms with Gasteiger partial charge in [0.15, 0.2) is 0 Å². The van der Waals surface area contributed by atoms with Crippen LogP contribution in [0, 0.1) is 34.0 Å². The molecule has 7 heteroatoms. The highest BCUT2D eigenvalue weighted by atomic mass is 16.7. The Bertz CT molecular complexity index is 825. The van der Waals surface area contributed by atoms with E-state index in [9.17, 15) is 25.2 Å². The van der Waals surface area contributed by atoms with Gasteiger partial charge in [-0.1, -0.05) is 25.0 Å². The molecule has 5 aliphatic rings. The lowest BCUT2D eigenvalue weighted by Crippen LogP contribution is -2.61. The number of esters is 1. The summed E-state index contributed by atoms with van der Waals surface area (Å²) in [6, 6.07) is 0. The fraction of sp³-hybridized carbons (Fsp3) is 0.885. The fourth-order valence-electron chi connectivity index (χ4n) is 8.85. The molecule has 4 fully saturated rings. The Kier molecular flexibility index (Phi) is 5.77. The van der Waals surface area contributed by atoms with Gasteiger partial charge in [0.1, 0.15) is 24.4 Å². The smallest absolute Gasteiger partial charge is 0.314 e. The van der Waals surface area contributed by atoms with Crippen molar-refractivity contribution in [2.75, 3.05) is 6.61 Å². The number of hydrogen-bond acceptors (Lipinski definition) is 7. The molecule has 0 aromatic carbocycles. The van der Waals surface area contributed by atoms with Gasteiger partial charge in [-0.2, -0.15) is 0 Å². The molecule has 1 aliphatic heterocycles. The number of ether oxygens (including phenoxy) is 2. The average Bonchev–Trinajstić information content (AvgIpc) is 3.01. The molecule has 0 aromatic heterocycles. The number of carbonyl (C=O) groups is 1. The molecule has 33 heavy (non-hydrogen) atoms. The first-order valence-corrected chi connectivity index (χ1v) is 12.8. The minimum atomic E-state index is -1.57. The maximum atomic E-state index is 13.7. The number of carbonyl (C=O) groups excluding carboxylic acids is 1. The minimum Gasteiger partial charge on any atom is -0.432 e. The van der Waals surface area contributed by atoms with Crippen LogP contribution in [0.5, 0.6) is 0 Å². The van der Waals surface area contributed by atoms with E-state index >= 15 is 0 Å². The van der Waals surface area contributed by atoms with Crippen molar-refractivity contribution in [1.29, 1.82) is 0 Å². The topological polar surface area (TPSA) is 116 Å². The van der Waals surface area contributed by atoms with Gasteiger partial charge >= 0.3 is 5.97 Å². The second-order valence-electron chi connectivity index (χ2n) is 12.1. The third kappa shape index (κ3) is 3.37. The van der Waals surface area contributed by atoms with Crippen LogP contribution in [0.25, 0.3) is 0 Å². The van der Waals surface area contributed by atoms with E-state index in [1.807, 2.05) is 6.92 Å². The Hall–Kier alpha value is -0.990. The number of allylic oxidation sites excluding steroid dienone is 2. The lowest BCUT2D eigenvalue weighted by atomic mass is 9.41. The predicted molar refractivity (Wildman–Crippen MR) is 120 cm³/mol. The fourth-order valence-corrected chi connectivity index (χ4v) is 8.85. The van der Waals surface area contributed by atoms with Crippen molar-refractivity contribution in [2.45, 2.75) is 103 Å². The quantitative estimate of drug-likeness (QED) is 0.374. The first-order chi connectivity index (χ1) is 15.6. The van der Waals surface area contributed by atoms with E-state index in [1.165, 1.54) is 19.3 Å². The van der Waals surface area contributed by atoms with Crippen LogP contribution >= 0.6 is 0 Å². The minimum absolute atomic E-state index is 0.0474. The van der Waals surface area contributed by atoms with Crippen LogP contribution in [0.15, 0.2) is 11.6 Å². The zero-order valence-electron chi connectivity index (χ0n) is 20.1. The lowest BCUT2D eigenvalue weighted by Gasteiger charge is -2.63. The van der Waals surface area contributed by atoms with E-state index in [0.29, 0.717) is 5.92 Å². The number of fused-ring (bicyclic) bond motifs is 3. The standard InChI is InChI=1S/C26H40O7/c1-14-11-26-10-7-17-24(2,18(26)6-5-15(14)12-26)8-4-9-25(17,3)23(31)33-22-21(30)20(29)19(28)16(13-27)32-22/h11,15-22,27-30H,4-10,12-13H2,1-3H3/t15-,16-,17-,18-,19-,20+,21-,22+,24+,25?,26+/m1/s1. The summed E-state index contributed by atoms with van der Waals surface area (Å²) in [6.07, 6.45) is 4.06. The highest BCUT2D eigenvalue weighted by molar-refractivity contribution is 5.77. The Morgan fingerprint density at radius 1 is 1.06 bits per heavy atom. The van der Waals surface area contributed by atoms with Gasteiger partial charge in [-0.15, -0.1) is 0 Å². The molecule has 186 valence electrons. The van der Waals surface area contributed by atoms with Crippen LogP contribution in [-0.2, 0) is 14.3 Å². The largest absolute Gasteiger partial charge is 0.432 e. The SMILES string of the molecule is CC1=C[C@]23CC[C@H]4C(C)(C(=O)O[C@@H]5O[C@H](CO)[C@@H](O)[C@H](O)[C@H]5O)CCC[C@]4(C)[C@H]2CC[C@@H]1C3. The third-order valence-electron chi connectivity index (χ3n) is 10.5. The number of aliphatic hydroxyl groups excluding tert-OH is 4. The van der Waals surface area contributed by atoms with Gasteiger partial charge in [-0.3, -0.25) is 4.79 Å². The zero-order chi connectivity index (χ0) is 23.8. The van der Waals surface area contributed by atoms with E-state index in [1.54, 1.807) is 5.57 Å². The summed E-state index contributed by atoms with van der Waals surface area (Å²) >= 11 is 0. The Labute approximate surface area is 196 Å². The second-order valence-corrected chi connectivity index (χ2v) is 12.1. The van der Waals surface area contributed by atoms with Crippen molar-refractivity contribution in [3.05, 3.63) is 11.6 Å². The highest BCUT2D eigenvalue weighted by Gasteiger charge is 2.64. The summed E-state index contributed by atoms with van der Waals surface area (Å²) in [7, 11) is 0. The summed E-state index contributed by atoms with van der Waals surface area (Å²) in [5.74, 6) is 1.06. The molecule has 0 amide bonds. The molecule has 1 spiro atoms. The molecule has 0 radical (unpaired) electrons. The molecule has 4 N–H and O–H groups in total. The van der Waals surface area contributed by atoms with Crippen LogP contribution < -0.4 is 0 Å². The van der Waals surface area contributed by atoms with E-state index in [4.69, 9.17) is 9.47 Å². The van der Waals surface area contributed by atoms with Crippen LogP contribution in [0.3, 0.4) is 0 Å². The van der Waals surface area contributed by atoms with Crippen LogP contribution in [-0.4, -0.2) is 63.7 Å². The molecule has 11 atom stereocenters. The summed E-state index contributed by atoms with van der Waals surface area (Å²) in [5.41, 5.74) is 1.17. The lowest BCUT2D eigenvalue weighted by molar-refractivity contribution is -0.297. The molecular formula is C26H40O7. The summed E-state index contributed by atoms with van der Waals surface area (Å²) < 4.78 is 11.2. The summed E-state index contributed by atoms with van der Waals surface area (Å²) in [5, 5.41) is 40.0. The average molecular weight is 465 g/mol. The van der Waals surface area contributed by atoms with Crippen molar-refractivity contribution >= 4 is 5.97 Å². The molecule has 1 unspecified atom stereocenters. The normalized spacial score (nSPS) is 53.6. The molecule has 3 saturated carbocycles. The summed E-state index contributed by atoms with van der Waals surface area (Å²) in [6.45, 7) is 6.14. The van der Waals surface area contributed by atoms with Crippen molar-refractivity contribution in [3.8, 4) is 0 Å². The second kappa shape index (κ2) is 8.02. The maximum Gasteiger partial charge on any atom is 0.314 e. The zero-order valence-corrected chi connectivity index (χ0v) is 20.1. The third-order valence-corrected chi connectivity index (χ3v) is 10.5. The number of aliphatic hydroxyl groups is 4. The van der Waals surface area contributed by atoms with Crippen molar-refractivity contribution in [3.63, 3.8) is 0 Å². The van der Waals surface area contributed by atoms with E-state index in [0.717, 1.165) is 38.0 Å². The van der Waals surface area contributed by atoms with E-state index < -0.39 is 48.7 Å².